The van der Waals surface area contributed by atoms with Crippen LogP contribution in [0.5, 0.6) is 0 Å². The lowest BCUT2D eigenvalue weighted by Crippen LogP contribution is -2.10. The molecule has 4 N–H and O–H groups in total. The van der Waals surface area contributed by atoms with E-state index in [1.807, 2.05) is 32.0 Å². The van der Waals surface area contributed by atoms with Gasteiger partial charge in [-0.2, -0.15) is 0 Å². The molecule has 0 unspecified atom stereocenters. The standard InChI is InChI=1S/C15H19N3O5S.C15H21N3O3S/c1-10-15(11(2)23-17-10)12-5-6-13(14(9-12)18(19)20)16-7-4-8-24(3,21)22;1-10-15(11(2)21-18-10)12-5-6-14(13(16)9-12)17-7-4-8-22(3,19)20/h5-6,9,16H,4,7-8H2,1-3H3;5-6,9,17H,4,7-8,16H2,1-3H3. The number of nitro groups is 1. The molecule has 0 aliphatic heterocycles. The Labute approximate surface area is 268 Å². The fourth-order valence-electron chi connectivity index (χ4n) is 4.77. The van der Waals surface area contributed by atoms with Crippen LogP contribution in [-0.4, -0.2) is 69.2 Å². The summed E-state index contributed by atoms with van der Waals surface area (Å²) in [5.74, 6) is 1.54. The molecule has 46 heavy (non-hydrogen) atoms. The number of benzene rings is 2. The summed E-state index contributed by atoms with van der Waals surface area (Å²) < 4.78 is 54.6. The fraction of sp³-hybridized carbons (Fsp3) is 0.400. The largest absolute Gasteiger partial charge is 0.397 e. The van der Waals surface area contributed by atoms with E-state index in [9.17, 15) is 26.9 Å². The Morgan fingerprint density at radius 2 is 1.20 bits per heavy atom. The van der Waals surface area contributed by atoms with Crippen LogP contribution in [0.4, 0.5) is 22.7 Å². The van der Waals surface area contributed by atoms with Crippen LogP contribution in [0.3, 0.4) is 0 Å². The van der Waals surface area contributed by atoms with Gasteiger partial charge in [-0.25, -0.2) is 16.8 Å². The molecular formula is C30H40N6O8S2. The van der Waals surface area contributed by atoms with Gasteiger partial charge in [-0.1, -0.05) is 22.4 Å². The van der Waals surface area contributed by atoms with Crippen LogP contribution in [0.2, 0.25) is 0 Å². The highest BCUT2D eigenvalue weighted by Crippen LogP contribution is 2.34. The number of aromatic nitrogens is 2. The third kappa shape index (κ3) is 10.3. The summed E-state index contributed by atoms with van der Waals surface area (Å²) in [5, 5.41) is 25.2. The van der Waals surface area contributed by atoms with Gasteiger partial charge >= 0.3 is 0 Å². The molecule has 0 fully saturated rings. The quantitative estimate of drug-likeness (QED) is 0.0728. The van der Waals surface area contributed by atoms with Gasteiger partial charge in [0.05, 0.1) is 39.2 Å². The van der Waals surface area contributed by atoms with Crippen LogP contribution < -0.4 is 16.4 Å². The van der Waals surface area contributed by atoms with E-state index in [2.05, 4.69) is 20.9 Å². The van der Waals surface area contributed by atoms with Crippen LogP contribution in [0, 0.1) is 37.8 Å². The maximum absolute atomic E-state index is 11.3. The number of nitrogens with zero attached hydrogens (tertiary/aromatic N) is 3. The van der Waals surface area contributed by atoms with Crippen molar-refractivity contribution >= 4 is 42.4 Å². The first kappa shape index (κ1) is 36.0. The van der Waals surface area contributed by atoms with Crippen molar-refractivity contribution in [2.24, 2.45) is 0 Å². The number of nitrogens with two attached hydrogens (primary N) is 1. The molecule has 0 saturated carbocycles. The van der Waals surface area contributed by atoms with Gasteiger partial charge in [-0.05, 0) is 69.9 Å². The summed E-state index contributed by atoms with van der Waals surface area (Å²) in [6.45, 7) is 8.16. The van der Waals surface area contributed by atoms with Crippen LogP contribution in [0.1, 0.15) is 35.7 Å². The predicted octanol–water partition coefficient (Wildman–Crippen LogP) is 5.10. The Kier molecular flexibility index (Phi) is 11.9. The number of nitrogens with one attached hydrogen (secondary N) is 2. The third-order valence-electron chi connectivity index (χ3n) is 6.90. The lowest BCUT2D eigenvalue weighted by Gasteiger charge is -2.11. The number of anilines is 3. The SMILES string of the molecule is Cc1noc(C)c1-c1ccc(NCCCS(C)(=O)=O)c(N)c1.Cc1noc(C)c1-c1ccc(NCCCS(C)(=O)=O)c([N+](=O)[O-])c1. The van der Waals surface area contributed by atoms with Gasteiger partial charge in [0.25, 0.3) is 5.69 Å². The Balaban J connectivity index is 0.000000251. The highest BCUT2D eigenvalue weighted by atomic mass is 32.2. The second-order valence-electron chi connectivity index (χ2n) is 11.0. The summed E-state index contributed by atoms with van der Waals surface area (Å²) >= 11 is 0. The van der Waals surface area contributed by atoms with E-state index in [-0.39, 0.29) is 17.2 Å². The van der Waals surface area contributed by atoms with Crippen molar-refractivity contribution in [2.75, 3.05) is 53.5 Å². The average molecular weight is 677 g/mol. The average Bonchev–Trinajstić information content (AvgIpc) is 3.48. The first-order chi connectivity index (χ1) is 21.5. The molecule has 2 heterocycles. The fourth-order valence-corrected chi connectivity index (χ4v) is 6.11. The van der Waals surface area contributed by atoms with Crippen molar-refractivity contribution < 1.29 is 30.8 Å². The predicted molar refractivity (Wildman–Crippen MR) is 180 cm³/mol. The molecule has 14 nitrogen and oxygen atoms in total. The Hall–Kier alpha value is -4.44. The maximum Gasteiger partial charge on any atom is 0.292 e. The summed E-state index contributed by atoms with van der Waals surface area (Å²) in [4.78, 5) is 10.9. The lowest BCUT2D eigenvalue weighted by molar-refractivity contribution is -0.383. The summed E-state index contributed by atoms with van der Waals surface area (Å²) in [5.41, 5.74) is 12.5. The zero-order valence-electron chi connectivity index (χ0n) is 26.7. The van der Waals surface area contributed by atoms with Gasteiger partial charge in [-0.15, -0.1) is 0 Å². The molecule has 0 radical (unpaired) electrons. The monoisotopic (exact) mass is 676 g/mol. The van der Waals surface area contributed by atoms with E-state index in [0.717, 1.165) is 40.1 Å². The minimum Gasteiger partial charge on any atom is -0.397 e. The third-order valence-corrected chi connectivity index (χ3v) is 8.97. The van der Waals surface area contributed by atoms with Gasteiger partial charge < -0.3 is 25.4 Å². The van der Waals surface area contributed by atoms with Crippen LogP contribution in [0.25, 0.3) is 22.3 Å². The van der Waals surface area contributed by atoms with Crippen molar-refractivity contribution in [1.82, 2.24) is 10.3 Å². The number of nitrogen functional groups attached to an aromatic ring is 1. The van der Waals surface area contributed by atoms with Crippen LogP contribution >= 0.6 is 0 Å². The maximum atomic E-state index is 11.3. The van der Waals surface area contributed by atoms with Gasteiger partial charge in [0.2, 0.25) is 0 Å². The van der Waals surface area contributed by atoms with E-state index in [0.29, 0.717) is 54.3 Å². The van der Waals surface area contributed by atoms with E-state index in [1.165, 1.54) is 12.3 Å². The number of hydrogen-bond donors (Lipinski definition) is 3. The van der Waals surface area contributed by atoms with E-state index in [1.54, 1.807) is 26.0 Å². The zero-order chi connectivity index (χ0) is 34.2. The first-order valence-electron chi connectivity index (χ1n) is 14.3. The molecule has 0 spiro atoms. The summed E-state index contributed by atoms with van der Waals surface area (Å²) in [7, 11) is -5.97. The molecule has 0 saturated heterocycles. The highest BCUT2D eigenvalue weighted by molar-refractivity contribution is 7.90. The minimum absolute atomic E-state index is 0.0327. The Bertz CT molecular complexity index is 1860. The molecule has 0 aliphatic carbocycles. The number of hydrogen-bond acceptors (Lipinski definition) is 13. The second kappa shape index (κ2) is 15.2. The molecule has 4 aromatic rings. The smallest absolute Gasteiger partial charge is 0.292 e. The molecule has 16 heteroatoms. The zero-order valence-corrected chi connectivity index (χ0v) is 28.3. The molecular weight excluding hydrogens is 636 g/mol. The Morgan fingerprint density at radius 1 is 0.761 bits per heavy atom. The van der Waals surface area contributed by atoms with Crippen molar-refractivity contribution in [3.05, 3.63) is 69.4 Å². The number of rotatable bonds is 13. The summed E-state index contributed by atoms with van der Waals surface area (Å²) in [6.07, 6.45) is 3.32. The van der Waals surface area contributed by atoms with Gasteiger partial charge in [-0.3, -0.25) is 10.1 Å². The summed E-state index contributed by atoms with van der Waals surface area (Å²) in [6, 6.07) is 10.5. The number of nitro benzene ring substituents is 1. The van der Waals surface area contributed by atoms with Crippen LogP contribution in [-0.2, 0) is 19.7 Å². The van der Waals surface area contributed by atoms with Gasteiger partial charge in [0.1, 0.15) is 36.9 Å². The molecule has 0 atom stereocenters. The molecule has 0 amide bonds. The van der Waals surface area contributed by atoms with Crippen LogP contribution in [0.15, 0.2) is 45.4 Å². The number of aryl methyl sites for hydroxylation is 4. The molecule has 2 aromatic carbocycles. The van der Waals surface area contributed by atoms with Crippen molar-refractivity contribution in [3.8, 4) is 22.3 Å². The molecule has 4 rings (SSSR count). The van der Waals surface area contributed by atoms with Crippen molar-refractivity contribution in [1.29, 1.82) is 0 Å². The molecule has 0 bridgehead atoms. The lowest BCUT2D eigenvalue weighted by atomic mass is 10.0. The first-order valence-corrected chi connectivity index (χ1v) is 18.5. The normalized spacial score (nSPS) is 11.5. The van der Waals surface area contributed by atoms with E-state index in [4.69, 9.17) is 14.8 Å². The number of sulfone groups is 2. The van der Waals surface area contributed by atoms with E-state index >= 15 is 0 Å². The Morgan fingerprint density at radius 3 is 1.59 bits per heavy atom. The highest BCUT2D eigenvalue weighted by Gasteiger charge is 2.19. The topological polar surface area (TPSA) is 214 Å². The van der Waals surface area contributed by atoms with Crippen molar-refractivity contribution in [2.45, 2.75) is 40.5 Å². The van der Waals surface area contributed by atoms with E-state index < -0.39 is 24.6 Å². The minimum atomic E-state index is -3.04. The second-order valence-corrected chi connectivity index (χ2v) is 15.5. The van der Waals surface area contributed by atoms with Gasteiger partial charge in [0, 0.05) is 42.8 Å². The van der Waals surface area contributed by atoms with Gasteiger partial charge in [0.15, 0.2) is 0 Å². The molecule has 2 aromatic heterocycles. The van der Waals surface area contributed by atoms with Crippen molar-refractivity contribution in [3.63, 3.8) is 0 Å². The molecule has 250 valence electrons. The molecule has 0 aliphatic rings.